The van der Waals surface area contributed by atoms with Crippen LogP contribution in [-0.2, 0) is 6.54 Å². The second-order valence-electron chi connectivity index (χ2n) is 8.21. The second-order valence-corrected chi connectivity index (χ2v) is 8.21. The molecule has 0 spiro atoms. The SMILES string of the molecule is c1ccc(CN2CCCCN(C3CCCCCCCC3)CCC2)cc1. The fraction of sp³-hybridized carbons (Fsp3) is 0.739. The van der Waals surface area contributed by atoms with Gasteiger partial charge in [-0.15, -0.1) is 0 Å². The van der Waals surface area contributed by atoms with E-state index in [-0.39, 0.29) is 0 Å². The molecule has 1 aromatic rings. The summed E-state index contributed by atoms with van der Waals surface area (Å²) in [5.41, 5.74) is 1.47. The summed E-state index contributed by atoms with van der Waals surface area (Å²) in [7, 11) is 0. The van der Waals surface area contributed by atoms with Crippen LogP contribution >= 0.6 is 0 Å². The molecule has 0 N–H and O–H groups in total. The van der Waals surface area contributed by atoms with Crippen LogP contribution in [0.5, 0.6) is 0 Å². The molecule has 0 amide bonds. The predicted molar refractivity (Wildman–Crippen MR) is 108 cm³/mol. The maximum absolute atomic E-state index is 2.87. The Morgan fingerprint density at radius 3 is 2.00 bits per heavy atom. The van der Waals surface area contributed by atoms with Gasteiger partial charge in [-0.05, 0) is 63.8 Å². The summed E-state index contributed by atoms with van der Waals surface area (Å²) in [4.78, 5) is 5.55. The fourth-order valence-electron chi connectivity index (χ4n) is 4.71. The molecule has 2 aliphatic rings. The van der Waals surface area contributed by atoms with Crippen molar-refractivity contribution < 1.29 is 0 Å². The van der Waals surface area contributed by atoms with Gasteiger partial charge in [-0.25, -0.2) is 0 Å². The van der Waals surface area contributed by atoms with Crippen molar-refractivity contribution in [1.82, 2.24) is 9.80 Å². The molecule has 2 nitrogen and oxygen atoms in total. The second kappa shape index (κ2) is 11.0. The van der Waals surface area contributed by atoms with Crippen LogP contribution in [0.15, 0.2) is 30.3 Å². The highest BCUT2D eigenvalue weighted by atomic mass is 15.2. The zero-order valence-corrected chi connectivity index (χ0v) is 16.2. The number of hydrogen-bond acceptors (Lipinski definition) is 2. The van der Waals surface area contributed by atoms with Gasteiger partial charge in [-0.2, -0.15) is 0 Å². The van der Waals surface area contributed by atoms with Crippen molar-refractivity contribution >= 4 is 0 Å². The Balaban J connectivity index is 1.50. The van der Waals surface area contributed by atoms with Gasteiger partial charge >= 0.3 is 0 Å². The minimum atomic E-state index is 0.874. The van der Waals surface area contributed by atoms with Crippen LogP contribution in [0.2, 0.25) is 0 Å². The molecule has 0 bridgehead atoms. The average molecular weight is 343 g/mol. The third-order valence-corrected chi connectivity index (χ3v) is 6.18. The van der Waals surface area contributed by atoms with Crippen LogP contribution in [0.3, 0.4) is 0 Å². The van der Waals surface area contributed by atoms with Crippen LogP contribution in [0.4, 0.5) is 0 Å². The van der Waals surface area contributed by atoms with Gasteiger partial charge in [0, 0.05) is 12.6 Å². The van der Waals surface area contributed by atoms with Crippen molar-refractivity contribution in [2.24, 2.45) is 0 Å². The van der Waals surface area contributed by atoms with Gasteiger partial charge in [0.15, 0.2) is 0 Å². The van der Waals surface area contributed by atoms with Crippen LogP contribution in [-0.4, -0.2) is 42.0 Å². The lowest BCUT2D eigenvalue weighted by molar-refractivity contribution is 0.168. The largest absolute Gasteiger partial charge is 0.300 e. The third-order valence-electron chi connectivity index (χ3n) is 6.18. The molecule has 2 heteroatoms. The molecule has 140 valence electrons. The Labute approximate surface area is 155 Å². The van der Waals surface area contributed by atoms with Crippen molar-refractivity contribution in [1.29, 1.82) is 0 Å². The van der Waals surface area contributed by atoms with E-state index in [1.165, 1.54) is 102 Å². The summed E-state index contributed by atoms with van der Waals surface area (Å²) in [5, 5.41) is 0. The molecular formula is C23H38N2. The van der Waals surface area contributed by atoms with E-state index in [0.29, 0.717) is 0 Å². The molecule has 0 radical (unpaired) electrons. The van der Waals surface area contributed by atoms with Crippen LogP contribution in [0.1, 0.15) is 76.2 Å². The molecule has 1 saturated carbocycles. The fourth-order valence-corrected chi connectivity index (χ4v) is 4.71. The van der Waals surface area contributed by atoms with Crippen molar-refractivity contribution in [3.8, 4) is 0 Å². The molecule has 3 rings (SSSR count). The first kappa shape index (κ1) is 18.9. The summed E-state index contributed by atoms with van der Waals surface area (Å²) in [6.07, 6.45) is 15.8. The highest BCUT2D eigenvalue weighted by Crippen LogP contribution is 2.22. The first-order valence-corrected chi connectivity index (χ1v) is 10.9. The van der Waals surface area contributed by atoms with Crippen molar-refractivity contribution in [3.05, 3.63) is 35.9 Å². The average Bonchev–Trinajstić information content (AvgIpc) is 2.84. The smallest absolute Gasteiger partial charge is 0.0233 e. The molecule has 25 heavy (non-hydrogen) atoms. The van der Waals surface area contributed by atoms with Crippen molar-refractivity contribution in [3.63, 3.8) is 0 Å². The van der Waals surface area contributed by atoms with E-state index in [9.17, 15) is 0 Å². The van der Waals surface area contributed by atoms with Crippen LogP contribution in [0, 0.1) is 0 Å². The van der Waals surface area contributed by atoms with E-state index in [2.05, 4.69) is 40.1 Å². The Morgan fingerprint density at radius 1 is 0.640 bits per heavy atom. The summed E-state index contributed by atoms with van der Waals surface area (Å²) in [6.45, 7) is 6.32. The topological polar surface area (TPSA) is 6.48 Å². The first-order valence-electron chi connectivity index (χ1n) is 10.9. The van der Waals surface area contributed by atoms with E-state index in [1.54, 1.807) is 0 Å². The Hall–Kier alpha value is -0.860. The van der Waals surface area contributed by atoms with Gasteiger partial charge in [0.2, 0.25) is 0 Å². The number of nitrogens with zero attached hydrogens (tertiary/aromatic N) is 2. The lowest BCUT2D eigenvalue weighted by Crippen LogP contribution is -2.37. The van der Waals surface area contributed by atoms with E-state index >= 15 is 0 Å². The summed E-state index contributed by atoms with van der Waals surface area (Å²) in [5.74, 6) is 0. The number of rotatable bonds is 3. The molecule has 1 aliphatic carbocycles. The molecule has 1 heterocycles. The van der Waals surface area contributed by atoms with Gasteiger partial charge in [-0.3, -0.25) is 4.90 Å². The summed E-state index contributed by atoms with van der Waals surface area (Å²) < 4.78 is 0. The molecule has 1 saturated heterocycles. The van der Waals surface area contributed by atoms with Gasteiger partial charge in [-0.1, -0.05) is 68.9 Å². The van der Waals surface area contributed by atoms with Crippen LogP contribution < -0.4 is 0 Å². The minimum Gasteiger partial charge on any atom is -0.300 e. The summed E-state index contributed by atoms with van der Waals surface area (Å²) >= 11 is 0. The number of hydrogen-bond donors (Lipinski definition) is 0. The van der Waals surface area contributed by atoms with Gasteiger partial charge < -0.3 is 4.90 Å². The van der Waals surface area contributed by atoms with Crippen molar-refractivity contribution in [2.75, 3.05) is 26.2 Å². The van der Waals surface area contributed by atoms with Crippen LogP contribution in [0.25, 0.3) is 0 Å². The Morgan fingerprint density at radius 2 is 1.24 bits per heavy atom. The molecular weight excluding hydrogens is 304 g/mol. The Bertz CT molecular complexity index is 448. The van der Waals surface area contributed by atoms with E-state index in [0.717, 1.165) is 12.6 Å². The maximum Gasteiger partial charge on any atom is 0.0233 e. The van der Waals surface area contributed by atoms with Crippen molar-refractivity contribution in [2.45, 2.75) is 83.2 Å². The van der Waals surface area contributed by atoms with E-state index < -0.39 is 0 Å². The zero-order chi connectivity index (χ0) is 17.2. The molecule has 2 fully saturated rings. The van der Waals surface area contributed by atoms with Gasteiger partial charge in [0.1, 0.15) is 0 Å². The predicted octanol–water partition coefficient (Wildman–Crippen LogP) is 5.48. The molecule has 0 unspecified atom stereocenters. The quantitative estimate of drug-likeness (QED) is 0.718. The monoisotopic (exact) mass is 342 g/mol. The zero-order valence-electron chi connectivity index (χ0n) is 16.2. The third kappa shape index (κ3) is 6.75. The normalized spacial score (nSPS) is 23.7. The Kier molecular flexibility index (Phi) is 8.31. The van der Waals surface area contributed by atoms with Gasteiger partial charge in [0.25, 0.3) is 0 Å². The lowest BCUT2D eigenvalue weighted by atomic mass is 10.0. The molecule has 1 aromatic carbocycles. The van der Waals surface area contributed by atoms with E-state index in [4.69, 9.17) is 0 Å². The minimum absolute atomic E-state index is 0.874. The molecule has 0 aromatic heterocycles. The molecule has 1 aliphatic heterocycles. The highest BCUT2D eigenvalue weighted by molar-refractivity contribution is 5.14. The lowest BCUT2D eigenvalue weighted by Gasteiger charge is -2.31. The first-order chi connectivity index (χ1) is 12.4. The maximum atomic E-state index is 2.87. The van der Waals surface area contributed by atoms with E-state index in [1.807, 2.05) is 0 Å². The summed E-state index contributed by atoms with van der Waals surface area (Å²) in [6, 6.07) is 11.9. The highest BCUT2D eigenvalue weighted by Gasteiger charge is 2.20. The standard InChI is InChI=1S/C23H38N2/c1-2-4-9-16-23(15-8-3-1)25-19-11-10-17-24(18-12-20-25)21-22-13-6-5-7-14-22/h5-7,13-14,23H,1-4,8-12,15-21H2. The van der Waals surface area contributed by atoms with Gasteiger partial charge in [0.05, 0.1) is 0 Å². The number of benzene rings is 1. The molecule has 0 atom stereocenters.